The van der Waals surface area contributed by atoms with E-state index in [4.69, 9.17) is 25.3 Å². The van der Waals surface area contributed by atoms with Crippen LogP contribution in [0.2, 0.25) is 0 Å². The number of rotatable bonds is 12. The fourth-order valence-corrected chi connectivity index (χ4v) is 18.6. The zero-order valence-electron chi connectivity index (χ0n) is 72.0. The number of piperazine rings is 2. The number of fused-ring (bicyclic) bond motifs is 5. The zero-order chi connectivity index (χ0) is 90.3. The number of halogens is 2. The van der Waals surface area contributed by atoms with Gasteiger partial charge in [-0.1, -0.05) is 97.0 Å². The lowest BCUT2D eigenvalue weighted by molar-refractivity contribution is -0.138. The van der Waals surface area contributed by atoms with E-state index in [9.17, 15) is 51.9 Å². The van der Waals surface area contributed by atoms with E-state index in [1.54, 1.807) is 58.3 Å². The summed E-state index contributed by atoms with van der Waals surface area (Å²) in [6.07, 6.45) is 10.2. The molecule has 0 radical (unpaired) electrons. The van der Waals surface area contributed by atoms with Gasteiger partial charge < -0.3 is 44.7 Å². The molecule has 21 rings (SSSR count). The molecule has 664 valence electrons. The molecule has 0 saturated carbocycles. The number of imide groups is 3. The first-order valence-electron chi connectivity index (χ1n) is 44.4. The van der Waals surface area contributed by atoms with Crippen molar-refractivity contribution in [2.45, 2.75) is 127 Å². The summed E-state index contributed by atoms with van der Waals surface area (Å²) < 4.78 is 31.7. The first kappa shape index (κ1) is 86.8. The number of pyridine rings is 2. The van der Waals surface area contributed by atoms with Gasteiger partial charge in [0.25, 0.3) is 17.7 Å². The lowest BCUT2D eigenvalue weighted by Gasteiger charge is -2.34. The van der Waals surface area contributed by atoms with Crippen LogP contribution >= 0.6 is 0 Å². The normalized spacial score (nSPS) is 20.0. The minimum Gasteiger partial charge on any atom is -0.384 e. The van der Waals surface area contributed by atoms with Crippen molar-refractivity contribution in [1.29, 1.82) is 0 Å². The zero-order valence-corrected chi connectivity index (χ0v) is 72.0. The van der Waals surface area contributed by atoms with Gasteiger partial charge in [0.05, 0.1) is 42.4 Å². The summed E-state index contributed by atoms with van der Waals surface area (Å²) in [4.78, 5) is 144. The van der Waals surface area contributed by atoms with Crippen LogP contribution in [0.1, 0.15) is 165 Å². The smallest absolute Gasteiger partial charge is 0.255 e. The molecule has 5 atom stereocenters. The van der Waals surface area contributed by atoms with Crippen molar-refractivity contribution in [3.8, 4) is 58.3 Å². The van der Waals surface area contributed by atoms with E-state index in [0.29, 0.717) is 67.7 Å². The third-order valence-corrected chi connectivity index (χ3v) is 25.2. The van der Waals surface area contributed by atoms with Crippen molar-refractivity contribution in [2.75, 3.05) is 98.2 Å². The number of benzene rings is 5. The third-order valence-electron chi connectivity index (χ3n) is 25.2. The third kappa shape index (κ3) is 18.9. The second-order valence-corrected chi connectivity index (χ2v) is 33.5. The molecule has 6 aromatic heterocycles. The highest BCUT2D eigenvalue weighted by atomic mass is 19.1. The van der Waals surface area contributed by atoms with Crippen LogP contribution in [0.25, 0.3) is 34.1 Å². The number of aromatic nitrogens is 8. The van der Waals surface area contributed by atoms with Gasteiger partial charge in [-0.3, -0.25) is 64.0 Å². The number of imidazole rings is 2. The van der Waals surface area contributed by atoms with Crippen molar-refractivity contribution < 1.29 is 57.0 Å². The lowest BCUT2D eigenvalue weighted by Crippen LogP contribution is -2.52. The van der Waals surface area contributed by atoms with Crippen LogP contribution in [0.4, 0.5) is 32.1 Å². The van der Waals surface area contributed by atoms with Crippen LogP contribution < -0.4 is 40.9 Å². The average Bonchev–Trinajstić information content (AvgIpc) is 1.65. The Morgan fingerprint density at radius 1 is 0.412 bits per heavy atom. The van der Waals surface area contributed by atoms with Crippen LogP contribution in [0.5, 0.6) is 0 Å². The van der Waals surface area contributed by atoms with E-state index in [1.165, 1.54) is 17.0 Å². The Bertz CT molecular complexity index is 6440. The maximum Gasteiger partial charge on any atom is 0.255 e. The van der Waals surface area contributed by atoms with Gasteiger partial charge in [-0.15, -0.1) is 10.2 Å². The molecule has 10 aliphatic heterocycles. The van der Waals surface area contributed by atoms with Gasteiger partial charge in [0, 0.05) is 144 Å². The molecule has 16 heterocycles. The Morgan fingerprint density at radius 2 is 0.824 bits per heavy atom. The van der Waals surface area contributed by atoms with E-state index < -0.39 is 29.9 Å². The van der Waals surface area contributed by atoms with Gasteiger partial charge >= 0.3 is 0 Å². The Kier molecular flexibility index (Phi) is 25.6. The molecule has 3 unspecified atom stereocenters. The topological polar surface area (TPSA) is 334 Å². The molecular formula is C99H94F2N20O10. The summed E-state index contributed by atoms with van der Waals surface area (Å²) in [7, 11) is 0. The second kappa shape index (κ2) is 38.6. The number of aliphatic hydroxyl groups is 1. The highest BCUT2D eigenvalue weighted by Crippen LogP contribution is 2.40. The molecule has 9 amide bonds. The molecular weight excluding hydrogens is 1670 g/mol. The number of hydrogen-bond acceptors (Lipinski definition) is 22. The van der Waals surface area contributed by atoms with Gasteiger partial charge in [0.1, 0.15) is 71.0 Å². The largest absolute Gasteiger partial charge is 0.384 e. The van der Waals surface area contributed by atoms with Crippen LogP contribution in [0.15, 0.2) is 176 Å². The van der Waals surface area contributed by atoms with Crippen LogP contribution in [-0.4, -0.2) is 214 Å². The Morgan fingerprint density at radius 3 is 1.24 bits per heavy atom. The van der Waals surface area contributed by atoms with E-state index in [-0.39, 0.29) is 90.9 Å². The summed E-state index contributed by atoms with van der Waals surface area (Å²) in [5.74, 6) is 18.3. The highest BCUT2D eigenvalue weighted by Gasteiger charge is 2.43. The molecule has 30 nitrogen and oxygen atoms in total. The predicted molar refractivity (Wildman–Crippen MR) is 483 cm³/mol. The molecule has 32 heteroatoms. The van der Waals surface area contributed by atoms with Crippen molar-refractivity contribution in [2.24, 2.45) is 0 Å². The molecule has 7 saturated heterocycles. The van der Waals surface area contributed by atoms with Crippen molar-refractivity contribution >= 4 is 87.7 Å². The number of nitrogens with zero attached hydrogens (tertiary/aromatic N) is 16. The molecule has 131 heavy (non-hydrogen) atoms. The van der Waals surface area contributed by atoms with Crippen LogP contribution in [-0.2, 0) is 48.4 Å². The molecule has 0 bridgehead atoms. The molecule has 0 spiro atoms. The first-order chi connectivity index (χ1) is 63.8. The fourth-order valence-electron chi connectivity index (χ4n) is 18.6. The number of aliphatic hydroxyl groups excluding tert-OH is 1. The highest BCUT2D eigenvalue weighted by molar-refractivity contribution is 6.08. The van der Waals surface area contributed by atoms with Crippen molar-refractivity contribution in [1.82, 2.24) is 80.0 Å². The fraction of sp³-hybridized carbons (Fsp3) is 0.323. The molecule has 10 aliphatic rings. The van der Waals surface area contributed by atoms with Gasteiger partial charge in [0.15, 0.2) is 11.3 Å². The number of hydrogen-bond donors (Lipinski definition) is 5. The lowest BCUT2D eigenvalue weighted by atomic mass is 10.0. The molecule has 0 aliphatic carbocycles. The average molecular weight is 1760 g/mol. The summed E-state index contributed by atoms with van der Waals surface area (Å²) in [6, 6.07) is 48.7. The van der Waals surface area contributed by atoms with E-state index in [0.717, 1.165) is 194 Å². The Labute approximate surface area is 753 Å². The van der Waals surface area contributed by atoms with E-state index in [2.05, 4.69) is 97.3 Å². The molecule has 11 aromatic rings. The van der Waals surface area contributed by atoms with Crippen LogP contribution in [0, 0.1) is 47.2 Å². The number of piperidine rings is 3. The minimum atomic E-state index is -0.631. The second-order valence-electron chi connectivity index (χ2n) is 33.5. The number of anilines is 4. The van der Waals surface area contributed by atoms with Crippen molar-refractivity contribution in [3.05, 3.63) is 249 Å². The van der Waals surface area contributed by atoms with Crippen LogP contribution in [0.3, 0.4) is 0 Å². The number of amides is 9. The number of carbonyl (C=O) groups excluding carboxylic acids is 9. The summed E-state index contributed by atoms with van der Waals surface area (Å²) in [5, 5.41) is 29.0. The van der Waals surface area contributed by atoms with Gasteiger partial charge in [-0.25, -0.2) is 37.7 Å². The Balaban J connectivity index is 0.000000127. The summed E-state index contributed by atoms with van der Waals surface area (Å²) >= 11 is 0. The number of nitrogens with one attached hydrogen (secondary N) is 4. The molecule has 5 aromatic carbocycles. The summed E-state index contributed by atoms with van der Waals surface area (Å²) in [6.45, 7) is 12.3. The first-order valence-corrected chi connectivity index (χ1v) is 44.4. The SMILES string of the molecule is CCC#Cc1ccc2c(c1)C(=O)N(C1CCC(=O)NC1=O)C2.Fc1cccc([C@@H]2CCCN2c2ccc3ncc(-c4cccc(N5CCNCC5)n4)n3n2)c1.O=C1CCC(N2Cc3ccc(C#CCN4CCN(c5cccc(-c6cnc7ccc(N8CCC[C@H]8c8cccc(F)c8)nn67)n5)CC4)cc3C2=O)C(=O)N1.O=C1CCC(N2Cc3ccc(C#CCO)cc3C2=O)C(=O)N1. The van der Waals surface area contributed by atoms with E-state index in [1.807, 2.05) is 125 Å². The molecule has 7 fully saturated rings. The quantitative estimate of drug-likeness (QED) is 0.0563. The minimum absolute atomic E-state index is 0.0633. The van der Waals surface area contributed by atoms with Crippen molar-refractivity contribution in [3.63, 3.8) is 0 Å². The Hall–Kier alpha value is -14.9. The maximum atomic E-state index is 14.1. The molecule has 5 N–H and O–H groups in total. The van der Waals surface area contributed by atoms with Gasteiger partial charge in [-0.05, 0) is 182 Å². The summed E-state index contributed by atoms with van der Waals surface area (Å²) in [5.41, 5.74) is 13.3. The van der Waals surface area contributed by atoms with Gasteiger partial charge in [-0.2, -0.15) is 0 Å². The standard InChI is InChI=1S/C41H38FN9O3.C25H26FN7.C17H16N2O3.C16H14N2O4/c42-30-7-1-6-28(24-30)33-9-4-18-49(33)38-15-14-36-43-25-35(51(36)46-38)32-8-2-10-37(44-32)48-21-19-47(20-22-48)17-3-5-27-11-12-29-26-50(41(54)31(29)23-27)34-13-16-39(52)45-40(34)53;26-19-5-1-4-18(16-19)21-7-3-13-32(21)25-10-9-23-28-17-22(33(23)30-25)20-6-2-8-24(29-20)31-14-11-27-12-15-31;1-2-3-4-11-5-6-12-10-19(17(22)13(12)9-11)14-7-8-15(20)18-16(14)21;19-7-1-2-10-3-4-11-9-18(16(22)12(11)8-10)13-5-6-14(20)17-15(13)21/h1-2,6-8,10-12,14-15,23-25,33-34H,4,9,13,16-22,26H2,(H,45,52,53);1-2,4-6,8-10,16-17,21,27H,3,7,11-15H2;5-6,9,14H,2,7-8,10H2,1H3,(H,18,20,21);3-4,8,13,19H,5-7,9H2,(H,17,20,21)/t33-,34?;21-;;/m00../s1. The van der Waals surface area contributed by atoms with E-state index >= 15 is 0 Å². The van der Waals surface area contributed by atoms with Gasteiger partial charge in [0.2, 0.25) is 35.4 Å². The predicted octanol–water partition coefficient (Wildman–Crippen LogP) is 8.89. The number of carbonyl (C=O) groups is 9. The monoisotopic (exact) mass is 1760 g/mol. The maximum absolute atomic E-state index is 14.1.